The van der Waals surface area contributed by atoms with Gasteiger partial charge in [0.1, 0.15) is 0 Å². The maximum absolute atomic E-state index is 10.9. The average Bonchev–Trinajstić information content (AvgIpc) is 2.41. The third-order valence-electron chi connectivity index (χ3n) is 3.70. The second-order valence-electron chi connectivity index (χ2n) is 5.07. The van der Waals surface area contributed by atoms with Gasteiger partial charge in [0.2, 0.25) is 0 Å². The van der Waals surface area contributed by atoms with E-state index < -0.39 is 5.97 Å². The molecule has 0 spiro atoms. The first-order valence-electron chi connectivity index (χ1n) is 6.78. The Bertz CT molecular complexity index is 419. The Kier molecular flexibility index (Phi) is 5.28. The molecule has 0 amide bonds. The maximum atomic E-state index is 10.9. The third-order valence-corrected chi connectivity index (χ3v) is 4.45. The molecule has 1 heterocycles. The highest BCUT2D eigenvalue weighted by Crippen LogP contribution is 2.23. The highest BCUT2D eigenvalue weighted by Gasteiger charge is 2.24. The van der Waals surface area contributed by atoms with Crippen molar-refractivity contribution in [2.24, 2.45) is 0 Å². The van der Waals surface area contributed by atoms with Crippen LogP contribution in [0.25, 0.3) is 0 Å². The molecule has 1 aromatic rings. The van der Waals surface area contributed by atoms with Gasteiger partial charge in [-0.05, 0) is 43.3 Å². The summed E-state index contributed by atoms with van der Waals surface area (Å²) in [5, 5.41) is 8.99. The fourth-order valence-corrected chi connectivity index (χ4v) is 3.07. The Labute approximate surface area is 119 Å². The quantitative estimate of drug-likeness (QED) is 0.840. The summed E-state index contributed by atoms with van der Waals surface area (Å²) in [5.74, 6) is -0.686. The van der Waals surface area contributed by atoms with E-state index in [1.54, 1.807) is 11.8 Å². The molecule has 1 atom stereocenters. The van der Waals surface area contributed by atoms with E-state index in [1.165, 1.54) is 16.9 Å². The summed E-state index contributed by atoms with van der Waals surface area (Å²) in [4.78, 5) is 14.5. The van der Waals surface area contributed by atoms with Crippen LogP contribution in [0, 0.1) is 0 Å². The first-order chi connectivity index (χ1) is 9.19. The van der Waals surface area contributed by atoms with Crippen molar-refractivity contribution < 1.29 is 9.90 Å². The molecule has 4 heteroatoms. The van der Waals surface area contributed by atoms with Crippen LogP contribution in [-0.4, -0.2) is 34.8 Å². The summed E-state index contributed by atoms with van der Waals surface area (Å²) in [7, 11) is 0. The van der Waals surface area contributed by atoms with Crippen LogP contribution in [0.3, 0.4) is 0 Å². The largest absolute Gasteiger partial charge is 0.481 e. The van der Waals surface area contributed by atoms with Crippen molar-refractivity contribution in [2.45, 2.75) is 43.2 Å². The lowest BCUT2D eigenvalue weighted by Crippen LogP contribution is -2.40. The molecular weight excluding hydrogens is 258 g/mol. The number of rotatable bonds is 5. The molecule has 0 aliphatic carbocycles. The van der Waals surface area contributed by atoms with Crippen molar-refractivity contribution in [1.82, 2.24) is 4.90 Å². The van der Waals surface area contributed by atoms with Gasteiger partial charge in [0.25, 0.3) is 0 Å². The number of carboxylic acid groups (broad SMARTS) is 1. The standard InChI is InChI=1S/C15H21NO2S/c1-19-14-7-5-12(6-8-14)11-16-9-3-2-4-13(16)10-15(17)18/h5-8,13H,2-4,9-11H2,1H3,(H,17,18). The number of hydrogen-bond acceptors (Lipinski definition) is 3. The Morgan fingerprint density at radius 1 is 1.37 bits per heavy atom. The summed E-state index contributed by atoms with van der Waals surface area (Å²) < 4.78 is 0. The lowest BCUT2D eigenvalue weighted by Gasteiger charge is -2.35. The second-order valence-corrected chi connectivity index (χ2v) is 5.95. The molecule has 1 aliphatic rings. The minimum Gasteiger partial charge on any atom is -0.481 e. The molecular formula is C15H21NO2S. The van der Waals surface area contributed by atoms with Gasteiger partial charge in [0.15, 0.2) is 0 Å². The predicted octanol–water partition coefficient (Wildman–Crippen LogP) is 3.24. The highest BCUT2D eigenvalue weighted by molar-refractivity contribution is 7.98. The van der Waals surface area contributed by atoms with Gasteiger partial charge in [0.05, 0.1) is 6.42 Å². The Morgan fingerprint density at radius 2 is 2.11 bits per heavy atom. The van der Waals surface area contributed by atoms with Crippen molar-refractivity contribution in [3.8, 4) is 0 Å². The molecule has 1 unspecified atom stereocenters. The number of benzene rings is 1. The molecule has 1 N–H and O–H groups in total. The van der Waals surface area contributed by atoms with Gasteiger partial charge in [-0.25, -0.2) is 0 Å². The van der Waals surface area contributed by atoms with Gasteiger partial charge < -0.3 is 5.11 Å². The average molecular weight is 279 g/mol. The highest BCUT2D eigenvalue weighted by atomic mass is 32.2. The normalized spacial score (nSPS) is 20.4. The van der Waals surface area contributed by atoms with Crippen molar-refractivity contribution >= 4 is 17.7 Å². The van der Waals surface area contributed by atoms with Crippen LogP contribution in [0.15, 0.2) is 29.2 Å². The van der Waals surface area contributed by atoms with Crippen molar-refractivity contribution in [3.63, 3.8) is 0 Å². The van der Waals surface area contributed by atoms with Crippen molar-refractivity contribution in [1.29, 1.82) is 0 Å². The lowest BCUT2D eigenvalue weighted by molar-refractivity contribution is -0.138. The summed E-state index contributed by atoms with van der Waals surface area (Å²) in [6.45, 7) is 1.88. The molecule has 1 fully saturated rings. The molecule has 1 aliphatic heterocycles. The van der Waals surface area contributed by atoms with Crippen LogP contribution in [0.4, 0.5) is 0 Å². The SMILES string of the molecule is CSc1ccc(CN2CCCCC2CC(=O)O)cc1. The monoisotopic (exact) mass is 279 g/mol. The minimum atomic E-state index is -0.686. The number of hydrogen-bond donors (Lipinski definition) is 1. The van der Waals surface area contributed by atoms with Crippen LogP contribution in [-0.2, 0) is 11.3 Å². The predicted molar refractivity (Wildman–Crippen MR) is 78.5 cm³/mol. The third kappa shape index (κ3) is 4.25. The molecule has 1 aromatic carbocycles. The molecule has 1 saturated heterocycles. The fraction of sp³-hybridized carbons (Fsp3) is 0.533. The summed E-state index contributed by atoms with van der Waals surface area (Å²) in [6, 6.07) is 8.77. The smallest absolute Gasteiger partial charge is 0.304 e. The van der Waals surface area contributed by atoms with Crippen LogP contribution < -0.4 is 0 Å². The Morgan fingerprint density at radius 3 is 2.74 bits per heavy atom. The van der Waals surface area contributed by atoms with E-state index in [0.29, 0.717) is 0 Å². The molecule has 104 valence electrons. The number of thioether (sulfide) groups is 1. The summed E-state index contributed by atoms with van der Waals surface area (Å²) in [5.41, 5.74) is 1.27. The molecule has 0 radical (unpaired) electrons. The van der Waals surface area contributed by atoms with Gasteiger partial charge in [-0.3, -0.25) is 9.69 Å². The van der Waals surface area contributed by atoms with E-state index >= 15 is 0 Å². The van der Waals surface area contributed by atoms with Crippen LogP contribution in [0.2, 0.25) is 0 Å². The first kappa shape index (κ1) is 14.4. The van der Waals surface area contributed by atoms with Gasteiger partial charge in [-0.2, -0.15) is 0 Å². The van der Waals surface area contributed by atoms with E-state index in [9.17, 15) is 4.79 Å². The fourth-order valence-electron chi connectivity index (χ4n) is 2.67. The number of aliphatic carboxylic acids is 1. The zero-order valence-electron chi connectivity index (χ0n) is 11.3. The van der Waals surface area contributed by atoms with E-state index in [2.05, 4.69) is 35.4 Å². The molecule has 0 bridgehead atoms. The van der Waals surface area contributed by atoms with Gasteiger partial charge in [-0.15, -0.1) is 11.8 Å². The second kappa shape index (κ2) is 6.96. The van der Waals surface area contributed by atoms with E-state index in [-0.39, 0.29) is 12.5 Å². The molecule has 3 nitrogen and oxygen atoms in total. The minimum absolute atomic E-state index is 0.200. The summed E-state index contributed by atoms with van der Waals surface area (Å²) in [6.07, 6.45) is 5.68. The number of carbonyl (C=O) groups is 1. The van der Waals surface area contributed by atoms with Gasteiger partial charge in [-0.1, -0.05) is 18.6 Å². The van der Waals surface area contributed by atoms with Crippen LogP contribution in [0.1, 0.15) is 31.2 Å². The molecule has 2 rings (SSSR count). The first-order valence-corrected chi connectivity index (χ1v) is 8.00. The molecule has 0 aromatic heterocycles. The van der Waals surface area contributed by atoms with Crippen LogP contribution in [0.5, 0.6) is 0 Å². The Balaban J connectivity index is 1.99. The zero-order chi connectivity index (χ0) is 13.7. The zero-order valence-corrected chi connectivity index (χ0v) is 12.2. The van der Waals surface area contributed by atoms with E-state index in [1.807, 2.05) is 0 Å². The van der Waals surface area contributed by atoms with Crippen molar-refractivity contribution in [2.75, 3.05) is 12.8 Å². The Hall–Kier alpha value is -1.00. The van der Waals surface area contributed by atoms with Gasteiger partial charge in [0, 0.05) is 17.5 Å². The molecule has 19 heavy (non-hydrogen) atoms. The number of carboxylic acids is 1. The number of piperidine rings is 1. The summed E-state index contributed by atoms with van der Waals surface area (Å²) >= 11 is 1.74. The van der Waals surface area contributed by atoms with E-state index in [4.69, 9.17) is 5.11 Å². The topological polar surface area (TPSA) is 40.5 Å². The molecule has 0 saturated carbocycles. The van der Waals surface area contributed by atoms with Crippen molar-refractivity contribution in [3.05, 3.63) is 29.8 Å². The van der Waals surface area contributed by atoms with E-state index in [0.717, 1.165) is 25.9 Å². The maximum Gasteiger partial charge on any atom is 0.304 e. The number of nitrogens with zero attached hydrogens (tertiary/aromatic N) is 1. The van der Waals surface area contributed by atoms with Gasteiger partial charge >= 0.3 is 5.97 Å². The number of likely N-dealkylation sites (tertiary alicyclic amines) is 1. The lowest BCUT2D eigenvalue weighted by atomic mass is 9.98. The van der Waals surface area contributed by atoms with Crippen LogP contribution >= 0.6 is 11.8 Å².